The fourth-order valence-corrected chi connectivity index (χ4v) is 1.85. The lowest BCUT2D eigenvalue weighted by Gasteiger charge is -2.24. The van der Waals surface area contributed by atoms with Crippen LogP contribution in [0, 0.1) is 12.3 Å². The summed E-state index contributed by atoms with van der Waals surface area (Å²) in [5, 5.41) is 10.4. The molecule has 1 aromatic rings. The zero-order valence-electron chi connectivity index (χ0n) is 8.38. The minimum Gasteiger partial charge on any atom is -0.144 e. The minimum atomic E-state index is 0.284. The fraction of sp³-hybridized carbons (Fsp3) is 0.778. The van der Waals surface area contributed by atoms with Gasteiger partial charge >= 0.3 is 0 Å². The molecule has 1 atom stereocenters. The molecule has 1 heterocycles. The lowest BCUT2D eigenvalue weighted by Crippen LogP contribution is -2.14. The van der Waals surface area contributed by atoms with E-state index in [9.17, 15) is 0 Å². The molecule has 0 aliphatic carbocycles. The first-order chi connectivity index (χ1) is 5.41. The van der Waals surface area contributed by atoms with Gasteiger partial charge in [-0.25, -0.2) is 0 Å². The topological polar surface area (TPSA) is 25.8 Å². The van der Waals surface area contributed by atoms with Crippen molar-refractivity contribution < 1.29 is 0 Å². The van der Waals surface area contributed by atoms with Gasteiger partial charge in [-0.1, -0.05) is 27.7 Å². The van der Waals surface area contributed by atoms with Crippen molar-refractivity contribution in [1.82, 2.24) is 10.2 Å². The molecule has 12 heavy (non-hydrogen) atoms. The maximum Gasteiger partial charge on any atom is 0.120 e. The molecule has 0 saturated carbocycles. The van der Waals surface area contributed by atoms with Crippen LogP contribution in [0.4, 0.5) is 0 Å². The second-order valence-corrected chi connectivity index (χ2v) is 5.46. The lowest BCUT2D eigenvalue weighted by molar-refractivity contribution is 0.337. The molecular weight excluding hydrogens is 168 g/mol. The summed E-state index contributed by atoms with van der Waals surface area (Å²) in [6.07, 6.45) is 0. The Morgan fingerprint density at radius 2 is 1.83 bits per heavy atom. The number of hydrogen-bond donors (Lipinski definition) is 0. The van der Waals surface area contributed by atoms with Gasteiger partial charge in [-0.15, -0.1) is 21.5 Å². The number of aromatic nitrogens is 2. The summed E-state index contributed by atoms with van der Waals surface area (Å²) in [4.78, 5) is 0. The highest BCUT2D eigenvalue weighted by atomic mass is 32.1. The van der Waals surface area contributed by atoms with E-state index >= 15 is 0 Å². The second-order valence-electron chi connectivity index (χ2n) is 4.25. The first-order valence-corrected chi connectivity index (χ1v) is 5.03. The maximum absolute atomic E-state index is 4.15. The molecule has 0 aliphatic heterocycles. The van der Waals surface area contributed by atoms with Crippen LogP contribution in [0.2, 0.25) is 0 Å². The van der Waals surface area contributed by atoms with Crippen molar-refractivity contribution in [2.75, 3.05) is 0 Å². The first kappa shape index (κ1) is 9.65. The van der Waals surface area contributed by atoms with Gasteiger partial charge < -0.3 is 0 Å². The smallest absolute Gasteiger partial charge is 0.120 e. The van der Waals surface area contributed by atoms with Gasteiger partial charge in [0, 0.05) is 5.92 Å². The SMILES string of the molecule is Cc1nnc(C(C)C(C)(C)C)s1. The van der Waals surface area contributed by atoms with Crippen molar-refractivity contribution in [3.8, 4) is 0 Å². The summed E-state index contributed by atoms with van der Waals surface area (Å²) in [5.74, 6) is 0.490. The van der Waals surface area contributed by atoms with Crippen LogP contribution in [-0.4, -0.2) is 10.2 Å². The van der Waals surface area contributed by atoms with E-state index in [1.54, 1.807) is 11.3 Å². The third-order valence-corrected chi connectivity index (χ3v) is 3.23. The van der Waals surface area contributed by atoms with Crippen molar-refractivity contribution in [2.45, 2.75) is 40.5 Å². The van der Waals surface area contributed by atoms with Crippen molar-refractivity contribution in [1.29, 1.82) is 0 Å². The molecular formula is C9H16N2S. The van der Waals surface area contributed by atoms with Gasteiger partial charge in [0.25, 0.3) is 0 Å². The normalized spacial score (nSPS) is 14.8. The van der Waals surface area contributed by atoms with Gasteiger partial charge in [0.05, 0.1) is 0 Å². The van der Waals surface area contributed by atoms with Crippen LogP contribution >= 0.6 is 11.3 Å². The highest BCUT2D eigenvalue weighted by molar-refractivity contribution is 7.11. The van der Waals surface area contributed by atoms with E-state index in [0.29, 0.717) is 5.92 Å². The van der Waals surface area contributed by atoms with E-state index in [1.165, 1.54) is 0 Å². The summed E-state index contributed by atoms with van der Waals surface area (Å²) in [6, 6.07) is 0. The van der Waals surface area contributed by atoms with Crippen LogP contribution in [0.25, 0.3) is 0 Å². The molecule has 68 valence electrons. The van der Waals surface area contributed by atoms with Gasteiger partial charge in [-0.3, -0.25) is 0 Å². The average molecular weight is 184 g/mol. The monoisotopic (exact) mass is 184 g/mol. The highest BCUT2D eigenvalue weighted by Gasteiger charge is 2.24. The number of aryl methyl sites for hydroxylation is 1. The standard InChI is InChI=1S/C9H16N2S/c1-6(9(3,4)5)8-11-10-7(2)12-8/h6H,1-5H3. The quantitative estimate of drug-likeness (QED) is 0.670. The van der Waals surface area contributed by atoms with Crippen molar-refractivity contribution in [3.05, 3.63) is 10.0 Å². The predicted molar refractivity (Wildman–Crippen MR) is 52.5 cm³/mol. The van der Waals surface area contributed by atoms with E-state index in [-0.39, 0.29) is 5.41 Å². The second kappa shape index (κ2) is 3.13. The Morgan fingerprint density at radius 3 is 2.17 bits per heavy atom. The van der Waals surface area contributed by atoms with Gasteiger partial charge in [0.2, 0.25) is 0 Å². The van der Waals surface area contributed by atoms with Crippen molar-refractivity contribution in [3.63, 3.8) is 0 Å². The molecule has 0 aliphatic rings. The Balaban J connectivity index is 2.85. The predicted octanol–water partition coefficient (Wildman–Crippen LogP) is 3.00. The van der Waals surface area contributed by atoms with Gasteiger partial charge in [0.15, 0.2) is 0 Å². The molecule has 3 heteroatoms. The van der Waals surface area contributed by atoms with E-state index in [1.807, 2.05) is 6.92 Å². The Kier molecular flexibility index (Phi) is 2.52. The molecule has 2 nitrogen and oxygen atoms in total. The third-order valence-electron chi connectivity index (χ3n) is 2.21. The maximum atomic E-state index is 4.15. The molecule has 0 spiro atoms. The van der Waals surface area contributed by atoms with Crippen LogP contribution in [0.1, 0.15) is 43.6 Å². The fourth-order valence-electron chi connectivity index (χ4n) is 0.857. The van der Waals surface area contributed by atoms with E-state index in [0.717, 1.165) is 10.0 Å². The van der Waals surface area contributed by atoms with Crippen molar-refractivity contribution in [2.24, 2.45) is 5.41 Å². The van der Waals surface area contributed by atoms with Gasteiger partial charge in [-0.2, -0.15) is 0 Å². The van der Waals surface area contributed by atoms with Gasteiger partial charge in [-0.05, 0) is 12.3 Å². The van der Waals surface area contributed by atoms with Gasteiger partial charge in [0.1, 0.15) is 10.0 Å². The number of nitrogens with zero attached hydrogens (tertiary/aromatic N) is 2. The molecule has 1 aromatic heterocycles. The van der Waals surface area contributed by atoms with Crippen molar-refractivity contribution >= 4 is 11.3 Å². The van der Waals surface area contributed by atoms with Crippen LogP contribution in [0.15, 0.2) is 0 Å². The van der Waals surface area contributed by atoms with E-state index < -0.39 is 0 Å². The Morgan fingerprint density at radius 1 is 1.25 bits per heavy atom. The van der Waals surface area contributed by atoms with Crippen LogP contribution < -0.4 is 0 Å². The molecule has 0 amide bonds. The Bertz CT molecular complexity index is 260. The molecule has 1 unspecified atom stereocenters. The minimum absolute atomic E-state index is 0.284. The number of rotatable bonds is 1. The molecule has 0 N–H and O–H groups in total. The zero-order chi connectivity index (χ0) is 9.35. The molecule has 0 saturated heterocycles. The first-order valence-electron chi connectivity index (χ1n) is 4.21. The van der Waals surface area contributed by atoms with Crippen LogP contribution in [-0.2, 0) is 0 Å². The van der Waals surface area contributed by atoms with E-state index in [4.69, 9.17) is 0 Å². The summed E-state index contributed by atoms with van der Waals surface area (Å²) in [7, 11) is 0. The van der Waals surface area contributed by atoms with Crippen LogP contribution in [0.3, 0.4) is 0 Å². The molecule has 0 bridgehead atoms. The lowest BCUT2D eigenvalue weighted by atomic mass is 9.83. The highest BCUT2D eigenvalue weighted by Crippen LogP contribution is 2.35. The third kappa shape index (κ3) is 2.03. The summed E-state index contributed by atoms with van der Waals surface area (Å²) >= 11 is 1.70. The van der Waals surface area contributed by atoms with E-state index in [2.05, 4.69) is 37.9 Å². The summed E-state index contributed by atoms with van der Waals surface area (Å²) in [5.41, 5.74) is 0.284. The average Bonchev–Trinajstić information content (AvgIpc) is 2.32. The summed E-state index contributed by atoms with van der Waals surface area (Å²) in [6.45, 7) is 10.9. The molecule has 0 aromatic carbocycles. The Hall–Kier alpha value is -0.440. The number of hydrogen-bond acceptors (Lipinski definition) is 3. The largest absolute Gasteiger partial charge is 0.144 e. The summed E-state index contributed by atoms with van der Waals surface area (Å²) < 4.78 is 0. The molecule has 0 radical (unpaired) electrons. The zero-order valence-corrected chi connectivity index (χ0v) is 9.20. The molecule has 0 fully saturated rings. The van der Waals surface area contributed by atoms with Crippen LogP contribution in [0.5, 0.6) is 0 Å². The molecule has 1 rings (SSSR count). The Labute approximate surface area is 78.0 Å².